The number of amides is 1. The number of hydrogen-bond donors (Lipinski definition) is 2. The van der Waals surface area contributed by atoms with Gasteiger partial charge in [0.1, 0.15) is 18.2 Å². The average Bonchev–Trinajstić information content (AvgIpc) is 2.60. The number of nitrogens with one attached hydrogen (secondary N) is 1. The summed E-state index contributed by atoms with van der Waals surface area (Å²) in [6.45, 7) is 3.20. The maximum absolute atomic E-state index is 12.5. The number of carbonyl (C=O) groups excluding carboxylic acids is 1. The van der Waals surface area contributed by atoms with Gasteiger partial charge >= 0.3 is 5.97 Å². The lowest BCUT2D eigenvalue weighted by molar-refractivity contribution is -0.116. The van der Waals surface area contributed by atoms with Crippen LogP contribution in [0.5, 0.6) is 0 Å². The number of aromatic nitrogens is 1. The number of carbonyl (C=O) groups is 2. The number of anilines is 1. The second-order valence-electron chi connectivity index (χ2n) is 6.01. The predicted octanol–water partition coefficient (Wildman–Crippen LogP) is 1.82. The zero-order valence-electron chi connectivity index (χ0n) is 15.2. The summed E-state index contributed by atoms with van der Waals surface area (Å²) in [5.41, 5.74) is 1.53. The molecule has 0 spiro atoms. The maximum atomic E-state index is 12.5. The standard InChI is InChI=1S/C19H19N3O5/c1-11-6-13(19(25)26)4-5-16(11)21-17(23)9-22-12(2)7-14(10-27-3)15(8-20)18(22)24/h4-7H,9-10H2,1-3H3,(H,21,23)(H,25,26). The first-order valence-corrected chi connectivity index (χ1v) is 8.04. The molecule has 27 heavy (non-hydrogen) atoms. The van der Waals surface area contributed by atoms with Crippen LogP contribution in [0.3, 0.4) is 0 Å². The van der Waals surface area contributed by atoms with Crippen molar-refractivity contribution in [2.45, 2.75) is 27.0 Å². The second-order valence-corrected chi connectivity index (χ2v) is 6.01. The first kappa shape index (κ1) is 19.9. The number of benzene rings is 1. The molecule has 2 rings (SSSR count). The maximum Gasteiger partial charge on any atom is 0.335 e. The van der Waals surface area contributed by atoms with E-state index in [2.05, 4.69) is 5.32 Å². The van der Waals surface area contributed by atoms with Crippen molar-refractivity contribution in [3.63, 3.8) is 0 Å². The van der Waals surface area contributed by atoms with Gasteiger partial charge in [-0.05, 0) is 43.7 Å². The Balaban J connectivity index is 2.27. The summed E-state index contributed by atoms with van der Waals surface area (Å²) in [5.74, 6) is -1.52. The zero-order chi connectivity index (χ0) is 20.1. The molecule has 0 aliphatic rings. The number of aryl methyl sites for hydroxylation is 2. The fourth-order valence-corrected chi connectivity index (χ4v) is 2.69. The summed E-state index contributed by atoms with van der Waals surface area (Å²) in [5, 5.41) is 20.9. The summed E-state index contributed by atoms with van der Waals surface area (Å²) in [7, 11) is 1.47. The van der Waals surface area contributed by atoms with Crippen molar-refractivity contribution < 1.29 is 19.4 Å². The van der Waals surface area contributed by atoms with Gasteiger partial charge in [0.25, 0.3) is 5.56 Å². The quantitative estimate of drug-likeness (QED) is 0.801. The monoisotopic (exact) mass is 369 g/mol. The number of nitrogens with zero attached hydrogens (tertiary/aromatic N) is 2. The zero-order valence-corrected chi connectivity index (χ0v) is 15.2. The van der Waals surface area contributed by atoms with E-state index in [4.69, 9.17) is 9.84 Å². The van der Waals surface area contributed by atoms with Crippen LogP contribution >= 0.6 is 0 Å². The number of aromatic carboxylic acids is 1. The summed E-state index contributed by atoms with van der Waals surface area (Å²) >= 11 is 0. The molecule has 140 valence electrons. The van der Waals surface area contributed by atoms with Crippen molar-refractivity contribution in [3.05, 3.63) is 62.6 Å². The molecular formula is C19H19N3O5. The first-order valence-electron chi connectivity index (χ1n) is 8.04. The Labute approximate surface area is 155 Å². The molecular weight excluding hydrogens is 350 g/mol. The smallest absolute Gasteiger partial charge is 0.335 e. The van der Waals surface area contributed by atoms with Crippen LogP contribution in [0.2, 0.25) is 0 Å². The lowest BCUT2D eigenvalue weighted by atomic mass is 10.1. The van der Waals surface area contributed by atoms with Crippen LogP contribution < -0.4 is 10.9 Å². The molecule has 2 N–H and O–H groups in total. The topological polar surface area (TPSA) is 121 Å². The molecule has 0 unspecified atom stereocenters. The molecule has 8 heteroatoms. The summed E-state index contributed by atoms with van der Waals surface area (Å²) in [4.78, 5) is 35.9. The van der Waals surface area contributed by atoms with Crippen molar-refractivity contribution in [3.8, 4) is 6.07 Å². The Kier molecular flexibility index (Phi) is 6.11. The van der Waals surface area contributed by atoms with Gasteiger partial charge in [0.2, 0.25) is 5.91 Å². The van der Waals surface area contributed by atoms with Gasteiger partial charge in [-0.15, -0.1) is 0 Å². The number of ether oxygens (including phenoxy) is 1. The Morgan fingerprint density at radius 3 is 2.56 bits per heavy atom. The van der Waals surface area contributed by atoms with E-state index < -0.39 is 17.4 Å². The molecule has 0 saturated carbocycles. The van der Waals surface area contributed by atoms with Gasteiger partial charge in [0.15, 0.2) is 0 Å². The van der Waals surface area contributed by atoms with Crippen molar-refractivity contribution in [2.75, 3.05) is 12.4 Å². The van der Waals surface area contributed by atoms with Gasteiger partial charge < -0.3 is 19.7 Å². The van der Waals surface area contributed by atoms with E-state index in [-0.39, 0.29) is 24.3 Å². The normalized spacial score (nSPS) is 10.3. The molecule has 0 radical (unpaired) electrons. The SMILES string of the molecule is COCc1cc(C)n(CC(=O)Nc2ccc(C(=O)O)cc2C)c(=O)c1C#N. The number of carboxylic acids is 1. The molecule has 2 aromatic rings. The predicted molar refractivity (Wildman–Crippen MR) is 97.6 cm³/mol. The third kappa shape index (κ3) is 4.40. The molecule has 0 saturated heterocycles. The molecule has 0 bridgehead atoms. The summed E-state index contributed by atoms with van der Waals surface area (Å²) in [6.07, 6.45) is 0. The Bertz CT molecular complexity index is 1000. The van der Waals surface area contributed by atoms with Crippen LogP contribution in [0.15, 0.2) is 29.1 Å². The van der Waals surface area contributed by atoms with Crippen LogP contribution in [0.4, 0.5) is 5.69 Å². The van der Waals surface area contributed by atoms with Gasteiger partial charge in [0, 0.05) is 24.1 Å². The minimum absolute atomic E-state index is 0.0581. The van der Waals surface area contributed by atoms with Crippen LogP contribution in [-0.2, 0) is 22.7 Å². The Morgan fingerprint density at radius 1 is 1.30 bits per heavy atom. The number of pyridine rings is 1. The van der Waals surface area contributed by atoms with Gasteiger partial charge in [-0.1, -0.05) is 0 Å². The number of nitriles is 1. The summed E-state index contributed by atoms with van der Waals surface area (Å²) < 4.78 is 6.22. The highest BCUT2D eigenvalue weighted by Crippen LogP contribution is 2.17. The molecule has 0 fully saturated rings. The minimum atomic E-state index is -1.06. The fraction of sp³-hybridized carbons (Fsp3) is 0.263. The van der Waals surface area contributed by atoms with Gasteiger partial charge in [0.05, 0.1) is 12.2 Å². The van der Waals surface area contributed by atoms with E-state index >= 15 is 0 Å². The number of carboxylic acid groups (broad SMARTS) is 1. The molecule has 0 aliphatic carbocycles. The van der Waals surface area contributed by atoms with Crippen LogP contribution in [0.1, 0.15) is 32.7 Å². The minimum Gasteiger partial charge on any atom is -0.478 e. The average molecular weight is 369 g/mol. The van der Waals surface area contributed by atoms with Crippen LogP contribution in [0.25, 0.3) is 0 Å². The lowest BCUT2D eigenvalue weighted by Gasteiger charge is -2.14. The van der Waals surface area contributed by atoms with Gasteiger partial charge in [-0.25, -0.2) is 4.79 Å². The number of methoxy groups -OCH3 is 1. The lowest BCUT2D eigenvalue weighted by Crippen LogP contribution is -2.31. The van der Waals surface area contributed by atoms with Crippen molar-refractivity contribution >= 4 is 17.6 Å². The number of hydrogen-bond acceptors (Lipinski definition) is 5. The Morgan fingerprint density at radius 2 is 2.00 bits per heavy atom. The van der Waals surface area contributed by atoms with Crippen molar-refractivity contribution in [1.82, 2.24) is 4.57 Å². The van der Waals surface area contributed by atoms with Crippen molar-refractivity contribution in [2.24, 2.45) is 0 Å². The fourth-order valence-electron chi connectivity index (χ4n) is 2.69. The van der Waals surface area contributed by atoms with E-state index in [1.165, 1.54) is 29.9 Å². The van der Waals surface area contributed by atoms with Crippen LogP contribution in [0, 0.1) is 25.2 Å². The van der Waals surface area contributed by atoms with Crippen LogP contribution in [-0.4, -0.2) is 28.7 Å². The first-order chi connectivity index (χ1) is 12.8. The molecule has 1 aromatic heterocycles. The van der Waals surface area contributed by atoms with Gasteiger partial charge in [-0.2, -0.15) is 5.26 Å². The van der Waals surface area contributed by atoms with E-state index in [0.717, 1.165) is 0 Å². The molecule has 0 aliphatic heterocycles. The Hall–Kier alpha value is -3.44. The molecule has 8 nitrogen and oxygen atoms in total. The molecule has 0 atom stereocenters. The molecule has 1 heterocycles. The van der Waals surface area contributed by atoms with E-state index in [1.807, 2.05) is 6.07 Å². The largest absolute Gasteiger partial charge is 0.478 e. The van der Waals surface area contributed by atoms with Crippen molar-refractivity contribution in [1.29, 1.82) is 5.26 Å². The molecule has 1 amide bonds. The highest BCUT2D eigenvalue weighted by molar-refractivity contribution is 5.93. The third-order valence-corrected chi connectivity index (χ3v) is 4.05. The van der Waals surface area contributed by atoms with E-state index in [9.17, 15) is 19.6 Å². The molecule has 1 aromatic carbocycles. The summed E-state index contributed by atoms with van der Waals surface area (Å²) in [6, 6.07) is 7.83. The van der Waals surface area contributed by atoms with Gasteiger partial charge in [-0.3, -0.25) is 9.59 Å². The highest BCUT2D eigenvalue weighted by Gasteiger charge is 2.16. The third-order valence-electron chi connectivity index (χ3n) is 4.05. The highest BCUT2D eigenvalue weighted by atomic mass is 16.5. The van der Waals surface area contributed by atoms with E-state index in [0.29, 0.717) is 22.5 Å². The second kappa shape index (κ2) is 8.29. The van der Waals surface area contributed by atoms with E-state index in [1.54, 1.807) is 19.9 Å². The number of rotatable bonds is 6.